The van der Waals surface area contributed by atoms with Crippen LogP contribution in [-0.4, -0.2) is 30.2 Å². The molecule has 1 rings (SSSR count). The Kier molecular flexibility index (Phi) is 8.98. The van der Waals surface area contributed by atoms with E-state index in [0.29, 0.717) is 32.0 Å². The normalized spacial score (nSPS) is 12.0. The minimum absolute atomic E-state index is 0.168. The lowest BCUT2D eigenvalue weighted by molar-refractivity contribution is -0.137. The SMILES string of the molecule is C[C@@H](CCC(N)=O)COCCCc1ccc(CCC(=O)O)cc1. The summed E-state index contributed by atoms with van der Waals surface area (Å²) in [5.41, 5.74) is 7.40. The van der Waals surface area contributed by atoms with Gasteiger partial charge in [-0.15, -0.1) is 0 Å². The molecule has 1 amide bonds. The summed E-state index contributed by atoms with van der Waals surface area (Å²) in [4.78, 5) is 21.2. The molecule has 0 radical (unpaired) electrons. The second-order valence-electron chi connectivity index (χ2n) is 6.00. The molecule has 1 aromatic carbocycles. The van der Waals surface area contributed by atoms with Gasteiger partial charge in [-0.2, -0.15) is 0 Å². The number of amides is 1. The van der Waals surface area contributed by atoms with Crippen LogP contribution in [0.4, 0.5) is 0 Å². The van der Waals surface area contributed by atoms with Gasteiger partial charge in [0.15, 0.2) is 0 Å². The van der Waals surface area contributed by atoms with E-state index >= 15 is 0 Å². The molecular formula is C18H27NO4. The highest BCUT2D eigenvalue weighted by atomic mass is 16.5. The van der Waals surface area contributed by atoms with Crippen molar-refractivity contribution in [3.8, 4) is 0 Å². The highest BCUT2D eigenvalue weighted by Crippen LogP contribution is 2.10. The van der Waals surface area contributed by atoms with Crippen LogP contribution in [0.2, 0.25) is 0 Å². The number of aliphatic carboxylic acids is 1. The third kappa shape index (κ3) is 9.68. The van der Waals surface area contributed by atoms with Gasteiger partial charge in [-0.05, 0) is 42.7 Å². The molecule has 0 aliphatic heterocycles. The molecule has 0 spiro atoms. The first-order valence-corrected chi connectivity index (χ1v) is 8.13. The molecule has 1 atom stereocenters. The number of ether oxygens (including phenoxy) is 1. The number of hydrogen-bond acceptors (Lipinski definition) is 3. The highest BCUT2D eigenvalue weighted by molar-refractivity contribution is 5.73. The van der Waals surface area contributed by atoms with Crippen molar-refractivity contribution in [1.82, 2.24) is 0 Å². The zero-order chi connectivity index (χ0) is 17.1. The Bertz CT molecular complexity index is 484. The van der Waals surface area contributed by atoms with E-state index in [1.54, 1.807) is 0 Å². The first-order chi connectivity index (χ1) is 11.0. The molecule has 0 heterocycles. The number of nitrogens with two attached hydrogens (primary N) is 1. The Morgan fingerprint density at radius 2 is 1.74 bits per heavy atom. The van der Waals surface area contributed by atoms with Crippen LogP contribution in [-0.2, 0) is 27.2 Å². The van der Waals surface area contributed by atoms with Crippen LogP contribution >= 0.6 is 0 Å². The van der Waals surface area contributed by atoms with Gasteiger partial charge in [0.25, 0.3) is 0 Å². The summed E-state index contributed by atoms with van der Waals surface area (Å²) in [7, 11) is 0. The van der Waals surface area contributed by atoms with Gasteiger partial charge in [0.05, 0.1) is 0 Å². The molecule has 0 aromatic heterocycles. The van der Waals surface area contributed by atoms with E-state index in [4.69, 9.17) is 15.6 Å². The molecule has 0 aliphatic carbocycles. The average Bonchev–Trinajstić information content (AvgIpc) is 2.51. The topological polar surface area (TPSA) is 89.6 Å². The number of hydrogen-bond donors (Lipinski definition) is 2. The molecule has 0 fully saturated rings. The lowest BCUT2D eigenvalue weighted by Crippen LogP contribution is -2.14. The number of rotatable bonds is 12. The summed E-state index contributed by atoms with van der Waals surface area (Å²) in [6, 6.07) is 8.08. The largest absolute Gasteiger partial charge is 0.481 e. The number of aryl methyl sites for hydroxylation is 2. The van der Waals surface area contributed by atoms with Crippen LogP contribution in [0, 0.1) is 5.92 Å². The van der Waals surface area contributed by atoms with Crippen molar-refractivity contribution in [3.05, 3.63) is 35.4 Å². The molecule has 128 valence electrons. The maximum absolute atomic E-state index is 10.7. The summed E-state index contributed by atoms with van der Waals surface area (Å²) >= 11 is 0. The van der Waals surface area contributed by atoms with Crippen LogP contribution in [0.1, 0.15) is 43.7 Å². The second-order valence-corrected chi connectivity index (χ2v) is 6.00. The van der Waals surface area contributed by atoms with Crippen LogP contribution in [0.5, 0.6) is 0 Å². The zero-order valence-electron chi connectivity index (χ0n) is 13.8. The van der Waals surface area contributed by atoms with Crippen LogP contribution in [0.15, 0.2) is 24.3 Å². The van der Waals surface area contributed by atoms with Gasteiger partial charge in [-0.3, -0.25) is 9.59 Å². The zero-order valence-corrected chi connectivity index (χ0v) is 13.8. The second kappa shape index (κ2) is 10.8. The van der Waals surface area contributed by atoms with E-state index in [9.17, 15) is 9.59 Å². The molecule has 0 bridgehead atoms. The summed E-state index contributed by atoms with van der Waals surface area (Å²) in [6.45, 7) is 3.40. The third-order valence-corrected chi connectivity index (χ3v) is 3.69. The fourth-order valence-corrected chi connectivity index (χ4v) is 2.26. The van der Waals surface area contributed by atoms with Crippen molar-refractivity contribution >= 4 is 11.9 Å². The number of carboxylic acid groups (broad SMARTS) is 1. The average molecular weight is 321 g/mol. The van der Waals surface area contributed by atoms with Crippen molar-refractivity contribution in [3.63, 3.8) is 0 Å². The van der Waals surface area contributed by atoms with E-state index in [1.807, 2.05) is 24.3 Å². The lowest BCUT2D eigenvalue weighted by atomic mass is 10.0. The summed E-state index contributed by atoms with van der Waals surface area (Å²) in [6.07, 6.45) is 3.81. The van der Waals surface area contributed by atoms with Crippen molar-refractivity contribution in [2.75, 3.05) is 13.2 Å². The molecular weight excluding hydrogens is 294 g/mol. The van der Waals surface area contributed by atoms with E-state index in [2.05, 4.69) is 6.92 Å². The fraction of sp³-hybridized carbons (Fsp3) is 0.556. The molecule has 3 N–H and O–H groups in total. The number of carbonyl (C=O) groups is 2. The lowest BCUT2D eigenvalue weighted by Gasteiger charge is -2.11. The van der Waals surface area contributed by atoms with E-state index < -0.39 is 5.97 Å². The van der Waals surface area contributed by atoms with Gasteiger partial charge >= 0.3 is 5.97 Å². The predicted molar refractivity (Wildman–Crippen MR) is 89.1 cm³/mol. The standard InChI is InChI=1S/C18H27NO4/c1-14(4-10-17(19)20)13-23-12-2-3-15-5-7-16(8-6-15)9-11-18(21)22/h5-8,14H,2-4,9-13H2,1H3,(H2,19,20)(H,21,22)/t14-/m0/s1. The number of primary amides is 1. The molecule has 23 heavy (non-hydrogen) atoms. The van der Waals surface area contributed by atoms with Crippen molar-refractivity contribution < 1.29 is 19.4 Å². The molecule has 1 aromatic rings. The third-order valence-electron chi connectivity index (χ3n) is 3.69. The highest BCUT2D eigenvalue weighted by Gasteiger charge is 2.04. The Balaban J connectivity index is 2.13. The Hall–Kier alpha value is -1.88. The molecule has 0 unspecified atom stereocenters. The fourth-order valence-electron chi connectivity index (χ4n) is 2.26. The maximum Gasteiger partial charge on any atom is 0.303 e. The van der Waals surface area contributed by atoms with E-state index in [-0.39, 0.29) is 12.3 Å². The smallest absolute Gasteiger partial charge is 0.303 e. The van der Waals surface area contributed by atoms with Gasteiger partial charge in [0.2, 0.25) is 5.91 Å². The van der Waals surface area contributed by atoms with Crippen molar-refractivity contribution in [2.24, 2.45) is 11.7 Å². The maximum atomic E-state index is 10.7. The molecule has 5 nitrogen and oxygen atoms in total. The van der Waals surface area contributed by atoms with Crippen LogP contribution in [0.25, 0.3) is 0 Å². The first-order valence-electron chi connectivity index (χ1n) is 8.13. The Morgan fingerprint density at radius 1 is 1.13 bits per heavy atom. The quantitative estimate of drug-likeness (QED) is 0.579. The van der Waals surface area contributed by atoms with Crippen molar-refractivity contribution in [1.29, 1.82) is 0 Å². The predicted octanol–water partition coefficient (Wildman–Crippen LogP) is 2.55. The number of benzene rings is 1. The van der Waals surface area contributed by atoms with E-state index in [0.717, 1.165) is 24.8 Å². The van der Waals surface area contributed by atoms with Crippen LogP contribution < -0.4 is 5.73 Å². The molecule has 0 aliphatic rings. The number of carbonyl (C=O) groups excluding carboxylic acids is 1. The first kappa shape index (κ1) is 19.2. The minimum atomic E-state index is -0.767. The minimum Gasteiger partial charge on any atom is -0.481 e. The van der Waals surface area contributed by atoms with Crippen molar-refractivity contribution in [2.45, 2.75) is 45.4 Å². The van der Waals surface area contributed by atoms with Crippen LogP contribution in [0.3, 0.4) is 0 Å². The molecule has 0 saturated carbocycles. The Morgan fingerprint density at radius 3 is 2.30 bits per heavy atom. The summed E-state index contributed by atoms with van der Waals surface area (Å²) < 4.78 is 5.62. The number of carboxylic acids is 1. The Labute approximate surface area is 137 Å². The van der Waals surface area contributed by atoms with Gasteiger partial charge in [0, 0.05) is 26.1 Å². The summed E-state index contributed by atoms with van der Waals surface area (Å²) in [5.74, 6) is -0.684. The van der Waals surface area contributed by atoms with Gasteiger partial charge in [-0.25, -0.2) is 0 Å². The van der Waals surface area contributed by atoms with Gasteiger partial charge < -0.3 is 15.6 Å². The van der Waals surface area contributed by atoms with Gasteiger partial charge in [0.1, 0.15) is 0 Å². The monoisotopic (exact) mass is 321 g/mol. The molecule has 5 heteroatoms. The molecule has 0 saturated heterocycles. The van der Waals surface area contributed by atoms with E-state index in [1.165, 1.54) is 5.56 Å². The summed E-state index contributed by atoms with van der Waals surface area (Å²) in [5, 5.41) is 8.66. The van der Waals surface area contributed by atoms with Gasteiger partial charge in [-0.1, -0.05) is 31.2 Å².